The second kappa shape index (κ2) is 4.81. The van der Waals surface area contributed by atoms with Gasteiger partial charge in [0.2, 0.25) is 5.91 Å². The van der Waals surface area contributed by atoms with E-state index < -0.39 is 17.4 Å². The van der Waals surface area contributed by atoms with E-state index in [1.807, 2.05) is 0 Å². The van der Waals surface area contributed by atoms with Gasteiger partial charge < -0.3 is 16.2 Å². The molecule has 5 nitrogen and oxygen atoms in total. The van der Waals surface area contributed by atoms with Gasteiger partial charge in [0.15, 0.2) is 0 Å². The molecule has 0 spiro atoms. The van der Waals surface area contributed by atoms with Gasteiger partial charge in [0.25, 0.3) is 0 Å². The first-order valence-electron chi connectivity index (χ1n) is 4.25. The molecule has 1 amide bonds. The molecule has 0 aromatic carbocycles. The third kappa shape index (κ3) is 3.42. The molecular formula is C8H16N2O3. The van der Waals surface area contributed by atoms with Gasteiger partial charge in [-0.05, 0) is 12.8 Å². The molecule has 4 N–H and O–H groups in total. The Morgan fingerprint density at radius 3 is 2.15 bits per heavy atom. The lowest BCUT2D eigenvalue weighted by Gasteiger charge is -2.24. The molecule has 0 saturated heterocycles. The van der Waals surface area contributed by atoms with E-state index in [9.17, 15) is 9.59 Å². The third-order valence-electron chi connectivity index (χ3n) is 2.11. The number of hydrogen-bond acceptors (Lipinski definition) is 3. The number of rotatable bonds is 5. The van der Waals surface area contributed by atoms with Crippen LogP contribution in [0.25, 0.3) is 0 Å². The second-order valence-corrected chi connectivity index (χ2v) is 2.94. The number of hydrogen-bond donors (Lipinski definition) is 3. The third-order valence-corrected chi connectivity index (χ3v) is 2.11. The van der Waals surface area contributed by atoms with Crippen LogP contribution in [0, 0.1) is 0 Å². The van der Waals surface area contributed by atoms with Crippen LogP contribution < -0.4 is 11.1 Å². The summed E-state index contributed by atoms with van der Waals surface area (Å²) >= 11 is 0. The number of carbonyl (C=O) groups is 2. The molecule has 0 rings (SSSR count). The Morgan fingerprint density at radius 2 is 1.85 bits per heavy atom. The maximum atomic E-state index is 11.3. The van der Waals surface area contributed by atoms with Gasteiger partial charge in [0.05, 0.1) is 5.54 Å². The van der Waals surface area contributed by atoms with E-state index in [4.69, 9.17) is 10.8 Å². The van der Waals surface area contributed by atoms with Gasteiger partial charge in [-0.15, -0.1) is 0 Å². The predicted octanol–water partition coefficient (Wildman–Crippen LogP) is -0.295. The van der Waals surface area contributed by atoms with Crippen molar-refractivity contribution in [3.8, 4) is 0 Å². The molecule has 0 bridgehead atoms. The first-order valence-corrected chi connectivity index (χ1v) is 4.25. The molecule has 0 heterocycles. The zero-order valence-corrected chi connectivity index (χ0v) is 7.96. The van der Waals surface area contributed by atoms with E-state index in [0.717, 1.165) is 0 Å². The number of nitrogens with two attached hydrogens (primary N) is 1. The highest BCUT2D eigenvalue weighted by molar-refractivity contribution is 5.88. The largest absolute Gasteiger partial charge is 0.480 e. The SMILES string of the molecule is CCC(N)(CC)C(=O)NCC(=O)O. The lowest BCUT2D eigenvalue weighted by molar-refractivity contribution is -0.138. The average molecular weight is 188 g/mol. The van der Waals surface area contributed by atoms with E-state index in [2.05, 4.69) is 5.32 Å². The molecule has 0 aliphatic heterocycles. The van der Waals surface area contributed by atoms with Gasteiger partial charge in [-0.2, -0.15) is 0 Å². The van der Waals surface area contributed by atoms with Gasteiger partial charge in [0.1, 0.15) is 6.54 Å². The Morgan fingerprint density at radius 1 is 1.38 bits per heavy atom. The van der Waals surface area contributed by atoms with Gasteiger partial charge in [-0.3, -0.25) is 9.59 Å². The first-order chi connectivity index (χ1) is 5.96. The van der Waals surface area contributed by atoms with Crippen molar-refractivity contribution in [3.05, 3.63) is 0 Å². The van der Waals surface area contributed by atoms with Crippen LogP contribution in [0.1, 0.15) is 26.7 Å². The lowest BCUT2D eigenvalue weighted by atomic mass is 9.93. The minimum absolute atomic E-state index is 0.377. The van der Waals surface area contributed by atoms with Crippen LogP contribution in [0.4, 0.5) is 0 Å². The van der Waals surface area contributed by atoms with E-state index in [1.165, 1.54) is 0 Å². The molecule has 0 radical (unpaired) electrons. The summed E-state index contributed by atoms with van der Waals surface area (Å²) < 4.78 is 0. The molecule has 0 aromatic rings. The highest BCUT2D eigenvalue weighted by Gasteiger charge is 2.29. The maximum absolute atomic E-state index is 11.3. The number of carboxylic acids is 1. The zero-order valence-electron chi connectivity index (χ0n) is 7.96. The van der Waals surface area contributed by atoms with Crippen LogP contribution in [-0.2, 0) is 9.59 Å². The van der Waals surface area contributed by atoms with Crippen LogP contribution in [0.2, 0.25) is 0 Å². The molecule has 76 valence electrons. The van der Waals surface area contributed by atoms with Crippen molar-refractivity contribution >= 4 is 11.9 Å². The highest BCUT2D eigenvalue weighted by Crippen LogP contribution is 2.10. The predicted molar refractivity (Wildman–Crippen MR) is 48.1 cm³/mol. The molecule has 0 saturated carbocycles. The van der Waals surface area contributed by atoms with Crippen LogP contribution in [0.3, 0.4) is 0 Å². The topological polar surface area (TPSA) is 92.4 Å². The quantitative estimate of drug-likeness (QED) is 0.552. The van der Waals surface area contributed by atoms with Crippen molar-refractivity contribution in [2.24, 2.45) is 5.73 Å². The summed E-state index contributed by atoms with van der Waals surface area (Å²) in [6, 6.07) is 0. The number of carboxylic acid groups (broad SMARTS) is 1. The summed E-state index contributed by atoms with van der Waals surface area (Å²) in [6.45, 7) is 3.21. The fraction of sp³-hybridized carbons (Fsp3) is 0.750. The second-order valence-electron chi connectivity index (χ2n) is 2.94. The van der Waals surface area contributed by atoms with Crippen molar-refractivity contribution in [1.29, 1.82) is 0 Å². The molecule has 0 aliphatic rings. The molecule has 0 atom stereocenters. The van der Waals surface area contributed by atoms with Crippen molar-refractivity contribution in [2.45, 2.75) is 32.2 Å². The normalized spacial score (nSPS) is 11.0. The molecule has 0 aromatic heterocycles. The van der Waals surface area contributed by atoms with E-state index in [0.29, 0.717) is 12.8 Å². The van der Waals surface area contributed by atoms with Gasteiger partial charge in [0, 0.05) is 0 Å². The molecule has 0 unspecified atom stereocenters. The summed E-state index contributed by atoms with van der Waals surface area (Å²) in [4.78, 5) is 21.5. The van der Waals surface area contributed by atoms with Gasteiger partial charge in [-0.25, -0.2) is 0 Å². The van der Waals surface area contributed by atoms with Gasteiger partial charge >= 0.3 is 5.97 Å². The summed E-state index contributed by atoms with van der Waals surface area (Å²) in [5.41, 5.74) is 4.79. The maximum Gasteiger partial charge on any atom is 0.322 e. The number of aliphatic carboxylic acids is 1. The Labute approximate surface area is 77.3 Å². The summed E-state index contributed by atoms with van der Waals surface area (Å²) in [5.74, 6) is -1.47. The summed E-state index contributed by atoms with van der Waals surface area (Å²) in [7, 11) is 0. The Bertz CT molecular complexity index is 200. The van der Waals surface area contributed by atoms with Crippen molar-refractivity contribution < 1.29 is 14.7 Å². The van der Waals surface area contributed by atoms with Crippen molar-refractivity contribution in [1.82, 2.24) is 5.32 Å². The monoisotopic (exact) mass is 188 g/mol. The standard InChI is InChI=1S/C8H16N2O3/c1-3-8(9,4-2)7(13)10-5-6(11)12/h3-5,9H2,1-2H3,(H,10,13)(H,11,12). The lowest BCUT2D eigenvalue weighted by Crippen LogP contribution is -2.53. The fourth-order valence-electron chi connectivity index (χ4n) is 0.903. The Kier molecular flexibility index (Phi) is 4.40. The number of amides is 1. The average Bonchev–Trinajstić information content (AvgIpc) is 2.12. The first kappa shape index (κ1) is 11.9. The zero-order chi connectivity index (χ0) is 10.5. The van der Waals surface area contributed by atoms with Gasteiger partial charge in [-0.1, -0.05) is 13.8 Å². The minimum atomic E-state index is -1.07. The number of carbonyl (C=O) groups excluding carboxylic acids is 1. The van der Waals surface area contributed by atoms with E-state index in [1.54, 1.807) is 13.8 Å². The smallest absolute Gasteiger partial charge is 0.322 e. The van der Waals surface area contributed by atoms with Crippen molar-refractivity contribution in [3.63, 3.8) is 0 Å². The minimum Gasteiger partial charge on any atom is -0.480 e. The summed E-state index contributed by atoms with van der Waals surface area (Å²) in [6.07, 6.45) is 0.990. The Balaban J connectivity index is 4.15. The van der Waals surface area contributed by atoms with Crippen LogP contribution in [-0.4, -0.2) is 29.1 Å². The Hall–Kier alpha value is -1.10. The van der Waals surface area contributed by atoms with E-state index in [-0.39, 0.29) is 6.54 Å². The number of nitrogens with one attached hydrogen (secondary N) is 1. The molecule has 13 heavy (non-hydrogen) atoms. The fourth-order valence-corrected chi connectivity index (χ4v) is 0.903. The van der Waals surface area contributed by atoms with Crippen LogP contribution in [0.5, 0.6) is 0 Å². The summed E-state index contributed by atoms with van der Waals surface area (Å²) in [5, 5.41) is 10.6. The van der Waals surface area contributed by atoms with E-state index >= 15 is 0 Å². The van der Waals surface area contributed by atoms with Crippen molar-refractivity contribution in [2.75, 3.05) is 6.54 Å². The molecular weight excluding hydrogens is 172 g/mol. The van der Waals surface area contributed by atoms with Crippen LogP contribution >= 0.6 is 0 Å². The highest BCUT2D eigenvalue weighted by atomic mass is 16.4. The molecule has 0 fully saturated rings. The molecule has 0 aliphatic carbocycles. The molecule has 5 heteroatoms. The van der Waals surface area contributed by atoms with Crippen LogP contribution in [0.15, 0.2) is 0 Å².